The van der Waals surface area contributed by atoms with Gasteiger partial charge in [-0.05, 0) is 93.9 Å². The largest absolute Gasteiger partial charge is 0.508 e. The SMILES string of the molecule is CC[C@H]1C[C@H](C)[C@@]2(NC1=O)O[C@@H](C[C@H](O)[C@@H](C)CC/C=C/C=C(/C)[C@@H]1C/C=C/C=C/[C@H](O)[C@H](C)[C@@H](O)[C@@H](CCC(C)=O)C(=O)N[C@@H](C(C)C)C(=O)N[C@@H](Cc3cccc(O)c3)C(=O)N3CCCC(N3)C(=O)O1)[C@H](C)[C@H](O)[C@@H]2C. The number of hydrogen-bond acceptors (Lipinski definition) is 14. The molecule has 3 saturated heterocycles. The van der Waals surface area contributed by atoms with Crippen LogP contribution < -0.4 is 21.4 Å². The van der Waals surface area contributed by atoms with Crippen LogP contribution in [0.1, 0.15) is 139 Å². The summed E-state index contributed by atoms with van der Waals surface area (Å²) < 4.78 is 12.9. The summed E-state index contributed by atoms with van der Waals surface area (Å²) in [6.07, 6.45) is 10.6. The van der Waals surface area contributed by atoms with Crippen molar-refractivity contribution in [2.24, 2.45) is 47.3 Å². The van der Waals surface area contributed by atoms with Gasteiger partial charge in [0.25, 0.3) is 5.91 Å². The third-order valence-corrected chi connectivity index (χ3v) is 16.9. The molecule has 2 bridgehead atoms. The zero-order valence-electron chi connectivity index (χ0n) is 47.6. The number of hydrogen-bond donors (Lipinski definition) is 9. The molecule has 5 rings (SSSR count). The number of hydrazine groups is 1. The predicted molar refractivity (Wildman–Crippen MR) is 295 cm³/mol. The number of piperidine rings is 1. The molecule has 4 heterocycles. The Hall–Kier alpha value is -5.24. The van der Waals surface area contributed by atoms with Gasteiger partial charge in [0.1, 0.15) is 41.5 Å². The van der Waals surface area contributed by atoms with E-state index in [0.29, 0.717) is 49.7 Å². The van der Waals surface area contributed by atoms with Gasteiger partial charge >= 0.3 is 5.97 Å². The first-order valence-electron chi connectivity index (χ1n) is 28.4. The third-order valence-electron chi connectivity index (χ3n) is 16.9. The Balaban J connectivity index is 1.35. The predicted octanol–water partition coefficient (Wildman–Crippen LogP) is 5.41. The van der Waals surface area contributed by atoms with Gasteiger partial charge in [0.15, 0.2) is 0 Å². The molecule has 0 aliphatic carbocycles. The van der Waals surface area contributed by atoms with Gasteiger partial charge in [-0.25, -0.2) is 5.43 Å². The summed E-state index contributed by atoms with van der Waals surface area (Å²) in [5.74, 6) is -6.33. The second kappa shape index (κ2) is 29.3. The van der Waals surface area contributed by atoms with Crippen molar-refractivity contribution in [2.45, 2.75) is 200 Å². The lowest BCUT2D eigenvalue weighted by Gasteiger charge is -2.56. The molecule has 1 aromatic rings. The van der Waals surface area contributed by atoms with Gasteiger partial charge in [0, 0.05) is 61.8 Å². The lowest BCUT2D eigenvalue weighted by molar-refractivity contribution is -0.267. The maximum Gasteiger partial charge on any atom is 0.325 e. The van der Waals surface area contributed by atoms with Crippen LogP contribution in [0.4, 0.5) is 0 Å². The average molecular weight is 1090 g/mol. The number of carbonyl (C=O) groups excluding carboxylic acids is 6. The maximum atomic E-state index is 14.5. The minimum absolute atomic E-state index is 0.0254. The minimum atomic E-state index is -1.43. The van der Waals surface area contributed by atoms with Crippen molar-refractivity contribution in [3.05, 3.63) is 77.9 Å². The number of carbonyl (C=O) groups is 6. The fraction of sp³-hybridized carbons (Fsp3) is 0.667. The molecule has 3 fully saturated rings. The number of phenols is 1. The van der Waals surface area contributed by atoms with Gasteiger partial charge in [0.2, 0.25) is 17.7 Å². The highest BCUT2D eigenvalue weighted by molar-refractivity contribution is 5.93. The topological polar surface area (TPSA) is 273 Å². The first kappa shape index (κ1) is 63.6. The van der Waals surface area contributed by atoms with E-state index in [1.807, 2.05) is 52.8 Å². The minimum Gasteiger partial charge on any atom is -0.508 e. The molecule has 434 valence electrons. The van der Waals surface area contributed by atoms with Gasteiger partial charge in [-0.1, -0.05) is 110 Å². The second-order valence-electron chi connectivity index (χ2n) is 23.2. The second-order valence-corrected chi connectivity index (χ2v) is 23.2. The molecule has 0 aromatic heterocycles. The van der Waals surface area contributed by atoms with Crippen molar-refractivity contribution >= 4 is 35.4 Å². The Labute approximate surface area is 461 Å². The van der Waals surface area contributed by atoms with Crippen LogP contribution in [-0.2, 0) is 44.7 Å². The van der Waals surface area contributed by atoms with E-state index in [1.165, 1.54) is 30.1 Å². The number of aromatic hydroxyl groups is 1. The molecule has 17 atom stereocenters. The molecule has 4 aliphatic rings. The molecule has 4 aliphatic heterocycles. The number of rotatable bonds is 15. The number of nitrogens with one attached hydrogen (secondary N) is 4. The van der Waals surface area contributed by atoms with Gasteiger partial charge < -0.3 is 55.8 Å². The number of esters is 1. The normalized spacial score (nSPS) is 34.9. The number of allylic oxidation sites excluding steroid dienone is 5. The fourth-order valence-corrected chi connectivity index (χ4v) is 11.3. The molecule has 4 amide bonds. The molecule has 78 heavy (non-hydrogen) atoms. The van der Waals surface area contributed by atoms with Crippen LogP contribution in [0, 0.1) is 47.3 Å². The number of Topliss-reactive ketones (excluding diaryl/α,β-unsaturated/α-hetero) is 1. The Morgan fingerprint density at radius 1 is 0.949 bits per heavy atom. The van der Waals surface area contributed by atoms with Crippen molar-refractivity contribution in [3.8, 4) is 5.75 Å². The fourth-order valence-electron chi connectivity index (χ4n) is 11.3. The van der Waals surface area contributed by atoms with Crippen molar-refractivity contribution < 1.29 is 63.8 Å². The van der Waals surface area contributed by atoms with Crippen molar-refractivity contribution in [2.75, 3.05) is 6.54 Å². The van der Waals surface area contributed by atoms with E-state index in [2.05, 4.69) is 28.3 Å². The number of aliphatic hydroxyl groups is 4. The Morgan fingerprint density at radius 3 is 2.36 bits per heavy atom. The molecule has 0 saturated carbocycles. The van der Waals surface area contributed by atoms with E-state index in [-0.39, 0.29) is 79.3 Å². The summed E-state index contributed by atoms with van der Waals surface area (Å²) in [5.41, 5.74) is 3.27. The molecule has 18 nitrogen and oxygen atoms in total. The third kappa shape index (κ3) is 16.7. The average Bonchev–Trinajstić information content (AvgIpc) is 3.51. The molecule has 1 unspecified atom stereocenters. The summed E-state index contributed by atoms with van der Waals surface area (Å²) in [7, 11) is 0. The summed E-state index contributed by atoms with van der Waals surface area (Å²) in [5, 5.41) is 66.1. The highest BCUT2D eigenvalue weighted by Crippen LogP contribution is 2.46. The number of aliphatic hydroxyl groups excluding tert-OH is 4. The van der Waals surface area contributed by atoms with Gasteiger partial charge in [-0.2, -0.15) is 0 Å². The van der Waals surface area contributed by atoms with Crippen LogP contribution in [0.15, 0.2) is 72.4 Å². The molecular formula is C60H91N5O13. The first-order valence-corrected chi connectivity index (χ1v) is 28.4. The smallest absolute Gasteiger partial charge is 0.325 e. The summed E-state index contributed by atoms with van der Waals surface area (Å²) >= 11 is 0. The number of fused-ring (bicyclic) bond motifs is 2. The molecule has 18 heteroatoms. The lowest BCUT2D eigenvalue weighted by atomic mass is 9.69. The highest BCUT2D eigenvalue weighted by atomic mass is 16.5. The van der Waals surface area contributed by atoms with Crippen molar-refractivity contribution in [1.29, 1.82) is 0 Å². The summed E-state index contributed by atoms with van der Waals surface area (Å²) in [6.45, 7) is 18.3. The van der Waals surface area contributed by atoms with Crippen LogP contribution in [0.2, 0.25) is 0 Å². The quantitative estimate of drug-likeness (QED) is 0.0786. The zero-order valence-corrected chi connectivity index (χ0v) is 47.6. The first-order chi connectivity index (χ1) is 36.9. The van der Waals surface area contributed by atoms with E-state index < -0.39 is 102 Å². The van der Waals surface area contributed by atoms with Gasteiger partial charge in [-0.3, -0.25) is 29.0 Å². The van der Waals surface area contributed by atoms with E-state index in [4.69, 9.17) is 9.47 Å². The summed E-state index contributed by atoms with van der Waals surface area (Å²) in [6, 6.07) is 2.90. The van der Waals surface area contributed by atoms with Gasteiger partial charge in [-0.15, -0.1) is 0 Å². The van der Waals surface area contributed by atoms with Crippen LogP contribution in [0.5, 0.6) is 5.75 Å². The standard InChI is InChI=1S/C60H91N5O13/c1-11-43-30-37(6)60(63-55(43)72)41(10)53(70)40(9)51(78-60)33-49(69)35(4)20-14-12-15-21-36(5)50-26-17-13-16-25-48(68)39(8)54(71)45(28-27-38(7)66)56(73)62-52(34(2)3)57(74)61-47(32-42-22-18-23-44(67)31-42)58(75)65-29-19-24-46(64-65)59(76)77-50/h12-13,15-18,21-23,25,31,34-35,37,39-41,43,45-54,64,67-71H,11,14,19-20,24,26-30,32-33H2,1-10H3,(H,61,74)(H,62,73)(H,63,72)/b15-12+,17-13+,25-16+,36-21-/t35-,37-,39-,40-,41-,43-,45+,46?,47-,48-,49-,50-,51-,52-,53-,54+,60+/m0/s1. The lowest BCUT2D eigenvalue weighted by Crippen LogP contribution is -2.71. The van der Waals surface area contributed by atoms with Crippen LogP contribution in [-0.4, -0.2) is 133 Å². The van der Waals surface area contributed by atoms with Gasteiger partial charge in [0.05, 0.1) is 36.4 Å². The molecule has 1 aromatic carbocycles. The Kier molecular flexibility index (Phi) is 23.9. The van der Waals surface area contributed by atoms with E-state index in [9.17, 15) is 54.3 Å². The van der Waals surface area contributed by atoms with E-state index >= 15 is 0 Å². The molecule has 9 N–H and O–H groups in total. The monoisotopic (exact) mass is 1090 g/mol. The number of nitrogens with zero attached hydrogens (tertiary/aromatic N) is 1. The molecule has 1 spiro atoms. The van der Waals surface area contributed by atoms with Crippen LogP contribution >= 0.6 is 0 Å². The molecule has 0 radical (unpaired) electrons. The Morgan fingerprint density at radius 2 is 1.68 bits per heavy atom. The zero-order chi connectivity index (χ0) is 57.6. The number of phenolic OH excluding ortho intramolecular Hbond substituents is 1. The van der Waals surface area contributed by atoms with E-state index in [1.54, 1.807) is 51.1 Å². The van der Waals surface area contributed by atoms with Crippen LogP contribution in [0.3, 0.4) is 0 Å². The maximum absolute atomic E-state index is 14.5. The van der Waals surface area contributed by atoms with Crippen molar-refractivity contribution in [3.63, 3.8) is 0 Å². The number of amides is 4. The summed E-state index contributed by atoms with van der Waals surface area (Å²) in [4.78, 5) is 82.2. The number of benzene rings is 1. The number of cyclic esters (lactones) is 1. The number of ether oxygens (including phenoxy) is 2. The highest BCUT2D eigenvalue weighted by Gasteiger charge is 2.57. The number of ketones is 1. The van der Waals surface area contributed by atoms with Crippen LogP contribution in [0.25, 0.3) is 0 Å². The van der Waals surface area contributed by atoms with E-state index in [0.717, 1.165) is 6.42 Å². The Bertz CT molecular complexity index is 2340. The molecular weight excluding hydrogens is 999 g/mol. The van der Waals surface area contributed by atoms with Crippen molar-refractivity contribution in [1.82, 2.24) is 26.4 Å².